The van der Waals surface area contributed by atoms with Gasteiger partial charge in [-0.3, -0.25) is 0 Å². The molecule has 1 saturated heterocycles. The Balaban J connectivity index is 2.03. The van der Waals surface area contributed by atoms with Crippen LogP contribution in [0, 0.1) is 0 Å². The third-order valence-corrected chi connectivity index (χ3v) is 3.21. The minimum Gasteiger partial charge on any atom is -0.399 e. The van der Waals surface area contributed by atoms with Gasteiger partial charge in [0, 0.05) is 23.9 Å². The first-order chi connectivity index (χ1) is 7.84. The summed E-state index contributed by atoms with van der Waals surface area (Å²) in [5.74, 6) is 0. The summed E-state index contributed by atoms with van der Waals surface area (Å²) in [6, 6.07) is 8.13. The standard InChI is InChI=1S/C13H16N2O/c14-11-4-5-12-10(9-11)6-7-15(12)13-3-1-2-8-16-13/h4-7,9,13H,1-3,8,14H2. The second-order valence-electron chi connectivity index (χ2n) is 4.36. The van der Waals surface area contributed by atoms with E-state index in [0.29, 0.717) is 0 Å². The van der Waals surface area contributed by atoms with Crippen LogP contribution in [0.4, 0.5) is 5.69 Å². The van der Waals surface area contributed by atoms with E-state index in [4.69, 9.17) is 10.5 Å². The summed E-state index contributed by atoms with van der Waals surface area (Å²) in [5.41, 5.74) is 7.80. The molecule has 3 rings (SSSR count). The molecule has 2 N–H and O–H groups in total. The summed E-state index contributed by atoms with van der Waals surface area (Å²) in [5, 5.41) is 1.19. The summed E-state index contributed by atoms with van der Waals surface area (Å²) < 4.78 is 8.01. The first-order valence-electron chi connectivity index (χ1n) is 5.82. The van der Waals surface area contributed by atoms with Crippen molar-refractivity contribution in [1.29, 1.82) is 0 Å². The maximum Gasteiger partial charge on any atom is 0.133 e. The Labute approximate surface area is 94.8 Å². The van der Waals surface area contributed by atoms with Gasteiger partial charge in [0.15, 0.2) is 0 Å². The van der Waals surface area contributed by atoms with E-state index in [0.717, 1.165) is 18.7 Å². The fraction of sp³-hybridized carbons (Fsp3) is 0.385. The van der Waals surface area contributed by atoms with Crippen LogP contribution in [-0.2, 0) is 4.74 Å². The Hall–Kier alpha value is -1.48. The molecule has 1 unspecified atom stereocenters. The van der Waals surface area contributed by atoms with Crippen LogP contribution in [0.2, 0.25) is 0 Å². The summed E-state index contributed by atoms with van der Waals surface area (Å²) in [7, 11) is 0. The van der Waals surface area contributed by atoms with Crippen LogP contribution in [0.1, 0.15) is 25.5 Å². The zero-order valence-electron chi connectivity index (χ0n) is 9.23. The topological polar surface area (TPSA) is 40.2 Å². The molecule has 1 aliphatic heterocycles. The van der Waals surface area contributed by atoms with Crippen LogP contribution in [0.25, 0.3) is 10.9 Å². The zero-order valence-corrected chi connectivity index (χ0v) is 9.23. The number of fused-ring (bicyclic) bond motifs is 1. The smallest absolute Gasteiger partial charge is 0.133 e. The van der Waals surface area contributed by atoms with E-state index in [1.165, 1.54) is 23.7 Å². The Kier molecular flexibility index (Phi) is 2.33. The van der Waals surface area contributed by atoms with Gasteiger partial charge in [-0.05, 0) is 43.5 Å². The normalized spacial score (nSPS) is 21.4. The van der Waals surface area contributed by atoms with Crippen molar-refractivity contribution in [1.82, 2.24) is 4.57 Å². The molecule has 1 aromatic heterocycles. The molecule has 0 aliphatic carbocycles. The van der Waals surface area contributed by atoms with Crippen molar-refractivity contribution in [3.05, 3.63) is 30.5 Å². The molecule has 0 saturated carbocycles. The van der Waals surface area contributed by atoms with Crippen LogP contribution in [0.15, 0.2) is 30.5 Å². The monoisotopic (exact) mass is 216 g/mol. The fourth-order valence-electron chi connectivity index (χ4n) is 2.38. The average molecular weight is 216 g/mol. The molecule has 1 fully saturated rings. The van der Waals surface area contributed by atoms with Gasteiger partial charge >= 0.3 is 0 Å². The van der Waals surface area contributed by atoms with E-state index >= 15 is 0 Å². The molecule has 2 heterocycles. The number of hydrogen-bond donors (Lipinski definition) is 1. The molecule has 0 bridgehead atoms. The maximum atomic E-state index is 5.79. The Morgan fingerprint density at radius 1 is 1.25 bits per heavy atom. The first kappa shape index (κ1) is 9.73. The maximum absolute atomic E-state index is 5.79. The number of ether oxygens (including phenoxy) is 1. The van der Waals surface area contributed by atoms with Crippen molar-refractivity contribution in [3.63, 3.8) is 0 Å². The molecule has 0 spiro atoms. The lowest BCUT2D eigenvalue weighted by Gasteiger charge is -2.24. The van der Waals surface area contributed by atoms with E-state index in [2.05, 4.69) is 22.9 Å². The lowest BCUT2D eigenvalue weighted by atomic mass is 10.2. The van der Waals surface area contributed by atoms with E-state index in [1.54, 1.807) is 0 Å². The SMILES string of the molecule is Nc1ccc2c(ccn2C2CCCCO2)c1. The lowest BCUT2D eigenvalue weighted by molar-refractivity contribution is -0.0291. The van der Waals surface area contributed by atoms with Crippen molar-refractivity contribution < 1.29 is 4.74 Å². The molecule has 1 aromatic carbocycles. The zero-order chi connectivity index (χ0) is 11.0. The van der Waals surface area contributed by atoms with Gasteiger partial charge in [-0.15, -0.1) is 0 Å². The highest BCUT2D eigenvalue weighted by molar-refractivity contribution is 5.83. The van der Waals surface area contributed by atoms with Gasteiger partial charge in [0.05, 0.1) is 5.52 Å². The second kappa shape index (κ2) is 3.83. The molecule has 3 heteroatoms. The molecule has 0 amide bonds. The highest BCUT2D eigenvalue weighted by Gasteiger charge is 2.16. The van der Waals surface area contributed by atoms with E-state index in [-0.39, 0.29) is 6.23 Å². The van der Waals surface area contributed by atoms with Gasteiger partial charge in [-0.1, -0.05) is 0 Å². The molecule has 0 radical (unpaired) electrons. The molecule has 84 valence electrons. The molecule has 1 aliphatic rings. The second-order valence-corrected chi connectivity index (χ2v) is 4.36. The number of nitrogens with two attached hydrogens (primary N) is 1. The number of hydrogen-bond acceptors (Lipinski definition) is 2. The highest BCUT2D eigenvalue weighted by atomic mass is 16.5. The fourth-order valence-corrected chi connectivity index (χ4v) is 2.38. The largest absolute Gasteiger partial charge is 0.399 e. The number of rotatable bonds is 1. The number of benzene rings is 1. The average Bonchev–Trinajstić information content (AvgIpc) is 2.73. The number of aromatic nitrogens is 1. The van der Waals surface area contributed by atoms with Crippen molar-refractivity contribution in [2.45, 2.75) is 25.5 Å². The lowest BCUT2D eigenvalue weighted by Crippen LogP contribution is -2.17. The van der Waals surface area contributed by atoms with Gasteiger partial charge < -0.3 is 15.0 Å². The van der Waals surface area contributed by atoms with Crippen LogP contribution in [0.3, 0.4) is 0 Å². The summed E-state index contributed by atoms with van der Waals surface area (Å²) in [6.45, 7) is 0.874. The minimum absolute atomic E-state index is 0.204. The molecule has 1 atom stereocenters. The Morgan fingerprint density at radius 2 is 2.19 bits per heavy atom. The van der Waals surface area contributed by atoms with Gasteiger partial charge in [0.1, 0.15) is 6.23 Å². The van der Waals surface area contributed by atoms with Gasteiger partial charge in [-0.25, -0.2) is 0 Å². The Morgan fingerprint density at radius 3 is 3.00 bits per heavy atom. The van der Waals surface area contributed by atoms with Crippen molar-refractivity contribution in [3.8, 4) is 0 Å². The van der Waals surface area contributed by atoms with Crippen LogP contribution < -0.4 is 5.73 Å². The summed E-state index contributed by atoms with van der Waals surface area (Å²) in [4.78, 5) is 0. The van der Waals surface area contributed by atoms with Gasteiger partial charge in [0.2, 0.25) is 0 Å². The number of nitrogen functional groups attached to an aromatic ring is 1. The van der Waals surface area contributed by atoms with Crippen molar-refractivity contribution >= 4 is 16.6 Å². The van der Waals surface area contributed by atoms with E-state index < -0.39 is 0 Å². The third-order valence-electron chi connectivity index (χ3n) is 3.21. The van der Waals surface area contributed by atoms with Crippen LogP contribution in [-0.4, -0.2) is 11.2 Å². The number of nitrogens with zero attached hydrogens (tertiary/aromatic N) is 1. The minimum atomic E-state index is 0.204. The predicted octanol–water partition coefficient (Wildman–Crippen LogP) is 2.92. The molecular formula is C13H16N2O. The van der Waals surface area contributed by atoms with Crippen molar-refractivity contribution in [2.75, 3.05) is 12.3 Å². The van der Waals surface area contributed by atoms with Crippen LogP contribution >= 0.6 is 0 Å². The Bertz CT molecular complexity index is 498. The third kappa shape index (κ3) is 1.57. The quantitative estimate of drug-likeness (QED) is 0.744. The molecular weight excluding hydrogens is 200 g/mol. The summed E-state index contributed by atoms with van der Waals surface area (Å²) >= 11 is 0. The van der Waals surface area contributed by atoms with Gasteiger partial charge in [0.25, 0.3) is 0 Å². The molecule has 3 nitrogen and oxygen atoms in total. The first-order valence-corrected chi connectivity index (χ1v) is 5.82. The summed E-state index contributed by atoms with van der Waals surface area (Å²) in [6.07, 6.45) is 5.84. The molecule has 16 heavy (non-hydrogen) atoms. The molecule has 2 aromatic rings. The number of anilines is 1. The predicted molar refractivity (Wildman–Crippen MR) is 65.2 cm³/mol. The van der Waals surface area contributed by atoms with Crippen molar-refractivity contribution in [2.24, 2.45) is 0 Å². The van der Waals surface area contributed by atoms with Crippen LogP contribution in [0.5, 0.6) is 0 Å². The van der Waals surface area contributed by atoms with E-state index in [1.807, 2.05) is 12.1 Å². The van der Waals surface area contributed by atoms with E-state index in [9.17, 15) is 0 Å². The highest BCUT2D eigenvalue weighted by Crippen LogP contribution is 2.28. The van der Waals surface area contributed by atoms with Gasteiger partial charge in [-0.2, -0.15) is 0 Å².